The Hall–Kier alpha value is -1.37. The molecule has 0 spiro atoms. The molecule has 2 aromatic rings. The predicted molar refractivity (Wildman–Crippen MR) is 104 cm³/mol. The van der Waals surface area contributed by atoms with Gasteiger partial charge in [-0.05, 0) is 53.8 Å². The zero-order valence-electron chi connectivity index (χ0n) is 13.3. The van der Waals surface area contributed by atoms with Crippen LogP contribution in [-0.4, -0.2) is 24.0 Å². The molecule has 0 aliphatic carbocycles. The van der Waals surface area contributed by atoms with Gasteiger partial charge in [-0.1, -0.05) is 23.7 Å². The van der Waals surface area contributed by atoms with Crippen LogP contribution in [-0.2, 0) is 4.79 Å². The second kappa shape index (κ2) is 8.83. The zero-order valence-corrected chi connectivity index (χ0v) is 15.7. The number of rotatable bonds is 5. The second-order valence-corrected chi connectivity index (χ2v) is 8.59. The molecule has 1 saturated heterocycles. The molecule has 0 saturated carbocycles. The van der Waals surface area contributed by atoms with E-state index in [1.54, 1.807) is 0 Å². The third kappa shape index (κ3) is 5.30. The van der Waals surface area contributed by atoms with Gasteiger partial charge in [0.1, 0.15) is 11.6 Å². The van der Waals surface area contributed by atoms with Crippen molar-refractivity contribution in [3.8, 4) is 5.75 Å². The summed E-state index contributed by atoms with van der Waals surface area (Å²) in [4.78, 5) is 11.9. The summed E-state index contributed by atoms with van der Waals surface area (Å²) in [5.74, 6) is 2.18. The Balaban J connectivity index is 1.50. The van der Waals surface area contributed by atoms with E-state index in [0.717, 1.165) is 0 Å². The monoisotopic (exact) mass is 397 g/mol. The molecule has 3 nitrogen and oxygen atoms in total. The minimum absolute atomic E-state index is 0.0345. The van der Waals surface area contributed by atoms with Crippen molar-refractivity contribution in [2.75, 3.05) is 23.4 Å². The molecule has 0 atom stereocenters. The zero-order chi connectivity index (χ0) is 17.6. The molecule has 7 heteroatoms. The Bertz CT molecular complexity index is 736. The molecule has 25 heavy (non-hydrogen) atoms. The number of nitrogens with one attached hydrogen (secondary N) is 1. The third-order valence-electron chi connectivity index (χ3n) is 3.55. The maximum Gasteiger partial charge on any atom is 0.262 e. The van der Waals surface area contributed by atoms with E-state index in [9.17, 15) is 9.18 Å². The average Bonchev–Trinajstić information content (AvgIpc) is 2.64. The molecule has 132 valence electrons. The van der Waals surface area contributed by atoms with Gasteiger partial charge in [0.15, 0.2) is 6.61 Å². The largest absolute Gasteiger partial charge is 0.484 e. The fraction of sp³-hybridized carbons (Fsp3) is 0.278. The van der Waals surface area contributed by atoms with Crippen LogP contribution in [0.2, 0.25) is 5.02 Å². The minimum Gasteiger partial charge on any atom is -0.484 e. The number of amides is 1. The molecule has 0 bridgehead atoms. The smallest absolute Gasteiger partial charge is 0.262 e. The lowest BCUT2D eigenvalue weighted by molar-refractivity contribution is -0.118. The highest BCUT2D eigenvalue weighted by molar-refractivity contribution is 8.16. The van der Waals surface area contributed by atoms with E-state index in [0.29, 0.717) is 16.0 Å². The van der Waals surface area contributed by atoms with Crippen LogP contribution in [0.15, 0.2) is 42.5 Å². The van der Waals surface area contributed by atoms with Gasteiger partial charge in [-0.15, -0.1) is 23.5 Å². The van der Waals surface area contributed by atoms with Crippen LogP contribution in [0.5, 0.6) is 5.75 Å². The van der Waals surface area contributed by atoms with E-state index in [-0.39, 0.29) is 17.5 Å². The van der Waals surface area contributed by atoms with Crippen LogP contribution in [0.1, 0.15) is 16.6 Å². The maximum atomic E-state index is 13.1. The number of carbonyl (C=O) groups is 1. The molecule has 0 radical (unpaired) electrons. The van der Waals surface area contributed by atoms with Crippen molar-refractivity contribution in [1.29, 1.82) is 0 Å². The van der Waals surface area contributed by atoms with Crippen molar-refractivity contribution < 1.29 is 13.9 Å². The SMILES string of the molecule is O=C(COc1ccc(C2SCCCS2)cc1)Nc1ccc(F)c(Cl)c1. The summed E-state index contributed by atoms with van der Waals surface area (Å²) >= 11 is 9.62. The first-order valence-corrected chi connectivity index (χ1v) is 10.3. The number of ether oxygens (including phenoxy) is 1. The van der Waals surface area contributed by atoms with Crippen LogP contribution in [0, 0.1) is 5.82 Å². The molecule has 0 unspecified atom stereocenters. The summed E-state index contributed by atoms with van der Waals surface area (Å²) in [6.45, 7) is -0.124. The number of halogens is 2. The molecule has 1 N–H and O–H groups in total. The average molecular weight is 398 g/mol. The number of benzene rings is 2. The Morgan fingerprint density at radius 3 is 2.60 bits per heavy atom. The molecule has 3 rings (SSSR count). The summed E-state index contributed by atoms with van der Waals surface area (Å²) in [5, 5.41) is 2.59. The van der Waals surface area contributed by atoms with Crippen LogP contribution < -0.4 is 10.1 Å². The van der Waals surface area contributed by atoms with Gasteiger partial charge < -0.3 is 10.1 Å². The van der Waals surface area contributed by atoms with Crippen molar-refractivity contribution in [3.05, 3.63) is 58.9 Å². The second-order valence-electron chi connectivity index (χ2n) is 5.46. The molecule has 1 aliphatic heterocycles. The summed E-state index contributed by atoms with van der Waals surface area (Å²) in [6.07, 6.45) is 1.27. The predicted octanol–water partition coefficient (Wildman–Crippen LogP) is 5.37. The topological polar surface area (TPSA) is 38.3 Å². The van der Waals surface area contributed by atoms with E-state index < -0.39 is 5.82 Å². The number of thioether (sulfide) groups is 2. The molecule has 1 heterocycles. The van der Waals surface area contributed by atoms with Crippen LogP contribution in [0.3, 0.4) is 0 Å². The number of carbonyl (C=O) groups excluding carboxylic acids is 1. The maximum absolute atomic E-state index is 13.1. The summed E-state index contributed by atoms with van der Waals surface area (Å²) in [7, 11) is 0. The summed E-state index contributed by atoms with van der Waals surface area (Å²) in [6, 6.07) is 11.9. The van der Waals surface area contributed by atoms with Crippen molar-refractivity contribution in [1.82, 2.24) is 0 Å². The Morgan fingerprint density at radius 2 is 1.92 bits per heavy atom. The first kappa shape index (κ1) is 18.4. The quantitative estimate of drug-likeness (QED) is 0.736. The fourth-order valence-electron chi connectivity index (χ4n) is 2.32. The van der Waals surface area contributed by atoms with Crippen molar-refractivity contribution in [2.24, 2.45) is 0 Å². The molecule has 2 aromatic carbocycles. The first-order valence-electron chi connectivity index (χ1n) is 7.83. The van der Waals surface area contributed by atoms with Crippen molar-refractivity contribution in [2.45, 2.75) is 11.0 Å². The molecular weight excluding hydrogens is 381 g/mol. The molecule has 1 amide bonds. The van der Waals surface area contributed by atoms with Crippen LogP contribution >= 0.6 is 35.1 Å². The van der Waals surface area contributed by atoms with Gasteiger partial charge in [-0.25, -0.2) is 4.39 Å². The van der Waals surface area contributed by atoms with Gasteiger partial charge in [0.25, 0.3) is 5.91 Å². The summed E-state index contributed by atoms with van der Waals surface area (Å²) in [5.41, 5.74) is 1.70. The summed E-state index contributed by atoms with van der Waals surface area (Å²) < 4.78 is 19.1. The fourth-order valence-corrected chi connectivity index (χ4v) is 5.40. The number of anilines is 1. The normalized spacial score (nSPS) is 15.0. The van der Waals surface area contributed by atoms with Gasteiger partial charge in [0.05, 0.1) is 9.60 Å². The van der Waals surface area contributed by atoms with Gasteiger partial charge >= 0.3 is 0 Å². The standard InChI is InChI=1S/C18H17ClFNO2S2/c19-15-10-13(4-7-16(15)20)21-17(22)11-23-14-5-2-12(3-6-14)18-24-8-1-9-25-18/h2-7,10,18H,1,8-9,11H2,(H,21,22). The van der Waals surface area contributed by atoms with E-state index in [4.69, 9.17) is 16.3 Å². The Morgan fingerprint density at radius 1 is 1.20 bits per heavy atom. The van der Waals surface area contributed by atoms with E-state index in [1.807, 2.05) is 47.8 Å². The highest BCUT2D eigenvalue weighted by Crippen LogP contribution is 2.43. The molecular formula is C18H17ClFNO2S2. The van der Waals surface area contributed by atoms with Gasteiger partial charge in [-0.2, -0.15) is 0 Å². The van der Waals surface area contributed by atoms with Gasteiger partial charge in [-0.3, -0.25) is 4.79 Å². The van der Waals surface area contributed by atoms with Crippen LogP contribution in [0.4, 0.5) is 10.1 Å². The Kier molecular flexibility index (Phi) is 6.51. The molecule has 0 aromatic heterocycles. The van der Waals surface area contributed by atoms with E-state index in [2.05, 4.69) is 5.32 Å². The van der Waals surface area contributed by atoms with Gasteiger partial charge in [0.2, 0.25) is 0 Å². The molecule has 1 fully saturated rings. The lowest BCUT2D eigenvalue weighted by atomic mass is 10.2. The van der Waals surface area contributed by atoms with Crippen LogP contribution in [0.25, 0.3) is 0 Å². The first-order chi connectivity index (χ1) is 12.1. The van der Waals surface area contributed by atoms with E-state index in [1.165, 1.54) is 41.7 Å². The highest BCUT2D eigenvalue weighted by Gasteiger charge is 2.16. The minimum atomic E-state index is -0.523. The van der Waals surface area contributed by atoms with E-state index >= 15 is 0 Å². The Labute approximate surface area is 159 Å². The highest BCUT2D eigenvalue weighted by atomic mass is 35.5. The van der Waals surface area contributed by atoms with Gasteiger partial charge in [0, 0.05) is 5.69 Å². The lowest BCUT2D eigenvalue weighted by Gasteiger charge is -2.21. The molecule has 1 aliphatic rings. The number of hydrogen-bond donors (Lipinski definition) is 1. The number of hydrogen-bond acceptors (Lipinski definition) is 4. The lowest BCUT2D eigenvalue weighted by Crippen LogP contribution is -2.20. The van der Waals surface area contributed by atoms with Crippen molar-refractivity contribution in [3.63, 3.8) is 0 Å². The van der Waals surface area contributed by atoms with Crippen molar-refractivity contribution >= 4 is 46.7 Å². The third-order valence-corrected chi connectivity index (χ3v) is 6.86.